The zero-order valence-corrected chi connectivity index (χ0v) is 15.1. The molecule has 7 heteroatoms. The normalized spacial score (nSPS) is 10.2. The Labute approximate surface area is 161 Å². The molecule has 0 radical (unpaired) electrons. The lowest BCUT2D eigenvalue weighted by molar-refractivity contribution is -0.384. The molecular weight excluding hydrogens is 360 g/mol. The van der Waals surface area contributed by atoms with E-state index in [1.54, 1.807) is 24.3 Å². The van der Waals surface area contributed by atoms with E-state index >= 15 is 0 Å². The largest absolute Gasteiger partial charge is 0.493 e. The Hall–Kier alpha value is -3.87. The van der Waals surface area contributed by atoms with Crippen molar-refractivity contribution in [2.75, 3.05) is 12.4 Å². The molecule has 142 valence electrons. The number of carbonyl (C=O) groups excluding carboxylic acids is 1. The van der Waals surface area contributed by atoms with Gasteiger partial charge in [-0.05, 0) is 29.8 Å². The van der Waals surface area contributed by atoms with Gasteiger partial charge in [0.25, 0.3) is 5.69 Å². The molecule has 7 nitrogen and oxygen atoms in total. The molecule has 0 aliphatic heterocycles. The van der Waals surface area contributed by atoms with Gasteiger partial charge in [-0.2, -0.15) is 0 Å². The highest BCUT2D eigenvalue weighted by molar-refractivity contribution is 5.93. The van der Waals surface area contributed by atoms with Crippen LogP contribution in [0.5, 0.6) is 11.5 Å². The standard InChI is InChI=1S/C21H18N2O5/c1-27-19-9-5-6-10-20(19)28-21(24)16-11-12-17(18(13-16)23(25)26)22-14-15-7-3-2-4-8-15/h2-13,22H,14H2,1H3. The Kier molecular flexibility index (Phi) is 5.86. The minimum absolute atomic E-state index is 0.0721. The Morgan fingerprint density at radius 1 is 1.00 bits per heavy atom. The van der Waals surface area contributed by atoms with Gasteiger partial charge in [0.15, 0.2) is 11.5 Å². The number of benzene rings is 3. The van der Waals surface area contributed by atoms with Gasteiger partial charge in [-0.3, -0.25) is 10.1 Å². The predicted molar refractivity (Wildman–Crippen MR) is 105 cm³/mol. The molecule has 0 aliphatic carbocycles. The molecule has 0 spiro atoms. The summed E-state index contributed by atoms with van der Waals surface area (Å²) < 4.78 is 10.5. The first-order chi connectivity index (χ1) is 13.6. The van der Waals surface area contributed by atoms with Crippen molar-refractivity contribution in [3.05, 3.63) is 94.0 Å². The zero-order valence-electron chi connectivity index (χ0n) is 15.1. The molecule has 0 aliphatic rings. The number of carbonyl (C=O) groups is 1. The Morgan fingerprint density at radius 3 is 2.36 bits per heavy atom. The van der Waals surface area contributed by atoms with Crippen LogP contribution in [-0.4, -0.2) is 18.0 Å². The number of anilines is 1. The first-order valence-corrected chi connectivity index (χ1v) is 8.50. The summed E-state index contributed by atoms with van der Waals surface area (Å²) >= 11 is 0. The number of nitrogens with one attached hydrogen (secondary N) is 1. The van der Waals surface area contributed by atoms with Gasteiger partial charge in [-0.25, -0.2) is 4.79 Å². The molecule has 0 aromatic heterocycles. The van der Waals surface area contributed by atoms with Crippen molar-refractivity contribution in [2.45, 2.75) is 6.54 Å². The number of hydrogen-bond acceptors (Lipinski definition) is 6. The molecule has 0 fully saturated rings. The smallest absolute Gasteiger partial charge is 0.343 e. The molecule has 3 rings (SSSR count). The fourth-order valence-electron chi connectivity index (χ4n) is 2.61. The quantitative estimate of drug-likeness (QED) is 0.283. The summed E-state index contributed by atoms with van der Waals surface area (Å²) in [4.78, 5) is 23.4. The number of nitro benzene ring substituents is 1. The van der Waals surface area contributed by atoms with Crippen molar-refractivity contribution < 1.29 is 19.2 Å². The third-order valence-corrected chi connectivity index (χ3v) is 4.03. The number of methoxy groups -OCH3 is 1. The summed E-state index contributed by atoms with van der Waals surface area (Å²) in [7, 11) is 1.46. The Bertz CT molecular complexity index is 989. The fourth-order valence-corrected chi connectivity index (χ4v) is 2.61. The van der Waals surface area contributed by atoms with Crippen molar-refractivity contribution in [3.63, 3.8) is 0 Å². The molecule has 1 N–H and O–H groups in total. The van der Waals surface area contributed by atoms with Gasteiger partial charge in [0.1, 0.15) is 5.69 Å². The van der Waals surface area contributed by atoms with Crippen LogP contribution in [0.25, 0.3) is 0 Å². The fraction of sp³-hybridized carbons (Fsp3) is 0.0952. The van der Waals surface area contributed by atoms with Crippen LogP contribution in [0.3, 0.4) is 0 Å². The third-order valence-electron chi connectivity index (χ3n) is 4.03. The van der Waals surface area contributed by atoms with E-state index in [9.17, 15) is 14.9 Å². The van der Waals surface area contributed by atoms with Crippen LogP contribution in [-0.2, 0) is 6.54 Å². The second-order valence-electron chi connectivity index (χ2n) is 5.87. The SMILES string of the molecule is COc1ccccc1OC(=O)c1ccc(NCc2ccccc2)c([N+](=O)[O-])c1. The number of para-hydroxylation sites is 2. The summed E-state index contributed by atoms with van der Waals surface area (Å²) in [6.45, 7) is 0.423. The maximum absolute atomic E-state index is 12.4. The zero-order chi connectivity index (χ0) is 19.9. The first-order valence-electron chi connectivity index (χ1n) is 8.50. The second kappa shape index (κ2) is 8.68. The van der Waals surface area contributed by atoms with Crippen LogP contribution in [0.2, 0.25) is 0 Å². The lowest BCUT2D eigenvalue weighted by Crippen LogP contribution is -2.10. The summed E-state index contributed by atoms with van der Waals surface area (Å²) in [6, 6.07) is 20.4. The second-order valence-corrected chi connectivity index (χ2v) is 5.87. The maximum atomic E-state index is 12.4. The minimum atomic E-state index is -0.706. The molecule has 0 amide bonds. The van der Waals surface area contributed by atoms with E-state index in [-0.39, 0.29) is 17.0 Å². The molecule has 0 atom stereocenters. The van der Waals surface area contributed by atoms with E-state index in [2.05, 4.69) is 5.32 Å². The number of esters is 1. The van der Waals surface area contributed by atoms with Crippen LogP contribution >= 0.6 is 0 Å². The minimum Gasteiger partial charge on any atom is -0.493 e. The van der Waals surface area contributed by atoms with E-state index in [0.29, 0.717) is 18.0 Å². The van der Waals surface area contributed by atoms with Gasteiger partial charge < -0.3 is 14.8 Å². The molecule has 3 aromatic carbocycles. The average molecular weight is 378 g/mol. The monoisotopic (exact) mass is 378 g/mol. The van der Waals surface area contributed by atoms with Gasteiger partial charge in [0.05, 0.1) is 17.6 Å². The van der Waals surface area contributed by atoms with Crippen LogP contribution in [0.4, 0.5) is 11.4 Å². The first kappa shape index (κ1) is 18.9. The van der Waals surface area contributed by atoms with E-state index in [1.807, 2.05) is 30.3 Å². The lowest BCUT2D eigenvalue weighted by atomic mass is 10.1. The number of nitro groups is 1. The van der Waals surface area contributed by atoms with Crippen molar-refractivity contribution in [1.82, 2.24) is 0 Å². The highest BCUT2D eigenvalue weighted by atomic mass is 16.6. The van der Waals surface area contributed by atoms with Gasteiger partial charge in [-0.1, -0.05) is 42.5 Å². The van der Waals surface area contributed by atoms with E-state index in [4.69, 9.17) is 9.47 Å². The summed E-state index contributed by atoms with van der Waals surface area (Å²) in [6.07, 6.45) is 0. The lowest BCUT2D eigenvalue weighted by Gasteiger charge is -2.10. The molecule has 0 heterocycles. The molecule has 3 aromatic rings. The average Bonchev–Trinajstić information content (AvgIpc) is 2.73. The number of rotatable bonds is 7. The molecular formula is C21H18N2O5. The van der Waals surface area contributed by atoms with Crippen LogP contribution in [0, 0.1) is 10.1 Å². The molecule has 0 unspecified atom stereocenters. The van der Waals surface area contributed by atoms with Gasteiger partial charge >= 0.3 is 5.97 Å². The Balaban J connectivity index is 1.80. The highest BCUT2D eigenvalue weighted by Gasteiger charge is 2.19. The summed E-state index contributed by atoms with van der Waals surface area (Å²) in [5.41, 5.74) is 1.17. The van der Waals surface area contributed by atoms with E-state index in [1.165, 1.54) is 25.3 Å². The van der Waals surface area contributed by atoms with Gasteiger partial charge in [0.2, 0.25) is 0 Å². The van der Waals surface area contributed by atoms with Crippen molar-refractivity contribution >= 4 is 17.3 Å². The maximum Gasteiger partial charge on any atom is 0.343 e. The van der Waals surface area contributed by atoms with Gasteiger partial charge in [-0.15, -0.1) is 0 Å². The summed E-state index contributed by atoms with van der Waals surface area (Å²) in [5.74, 6) is -0.0716. The third kappa shape index (κ3) is 4.45. The Morgan fingerprint density at radius 2 is 1.68 bits per heavy atom. The van der Waals surface area contributed by atoms with Gasteiger partial charge in [0, 0.05) is 12.6 Å². The van der Waals surface area contributed by atoms with Crippen LogP contribution in [0.15, 0.2) is 72.8 Å². The van der Waals surface area contributed by atoms with Crippen molar-refractivity contribution in [2.24, 2.45) is 0 Å². The van der Waals surface area contributed by atoms with Crippen molar-refractivity contribution in [1.29, 1.82) is 0 Å². The molecule has 28 heavy (non-hydrogen) atoms. The molecule has 0 saturated heterocycles. The number of nitrogens with zero attached hydrogens (tertiary/aromatic N) is 1. The molecule has 0 saturated carbocycles. The van der Waals surface area contributed by atoms with Crippen LogP contribution < -0.4 is 14.8 Å². The number of ether oxygens (including phenoxy) is 2. The van der Waals surface area contributed by atoms with E-state index in [0.717, 1.165) is 5.56 Å². The van der Waals surface area contributed by atoms with Crippen LogP contribution in [0.1, 0.15) is 15.9 Å². The number of hydrogen-bond donors (Lipinski definition) is 1. The van der Waals surface area contributed by atoms with E-state index < -0.39 is 10.9 Å². The summed E-state index contributed by atoms with van der Waals surface area (Å²) in [5, 5.41) is 14.5. The van der Waals surface area contributed by atoms with Crippen molar-refractivity contribution in [3.8, 4) is 11.5 Å². The highest BCUT2D eigenvalue weighted by Crippen LogP contribution is 2.29. The topological polar surface area (TPSA) is 90.7 Å². The predicted octanol–water partition coefficient (Wildman–Crippen LogP) is 4.43. The molecule has 0 bridgehead atoms.